The number of amides is 1. The van der Waals surface area contributed by atoms with Crippen LogP contribution in [0.4, 0.5) is 0 Å². The van der Waals surface area contributed by atoms with Crippen molar-refractivity contribution < 1.29 is 9.53 Å². The SMILES string of the molecule is Cc1ncn(CC2CCC(C(=O)NN)O2)c(=O)c1I. The van der Waals surface area contributed by atoms with Gasteiger partial charge in [-0.15, -0.1) is 0 Å². The van der Waals surface area contributed by atoms with Gasteiger partial charge in [0.15, 0.2) is 0 Å². The van der Waals surface area contributed by atoms with Gasteiger partial charge in [0.2, 0.25) is 0 Å². The van der Waals surface area contributed by atoms with Crippen LogP contribution in [0.5, 0.6) is 0 Å². The van der Waals surface area contributed by atoms with Crippen LogP contribution in [-0.2, 0) is 16.1 Å². The highest BCUT2D eigenvalue weighted by atomic mass is 127. The molecular weight excluding hydrogens is 363 g/mol. The van der Waals surface area contributed by atoms with Crippen molar-refractivity contribution in [1.29, 1.82) is 0 Å². The second-order valence-corrected chi connectivity index (χ2v) is 5.51. The zero-order chi connectivity index (χ0) is 14.0. The largest absolute Gasteiger partial charge is 0.363 e. The van der Waals surface area contributed by atoms with E-state index in [0.717, 1.165) is 12.1 Å². The molecule has 0 saturated carbocycles. The maximum atomic E-state index is 12.0. The number of aromatic nitrogens is 2. The maximum absolute atomic E-state index is 12.0. The standard InChI is InChI=1S/C11H15IN4O3/c1-6-9(12)11(18)16(5-14-6)4-7-2-3-8(19-7)10(17)15-13/h5,7-8H,2-4,13H2,1H3,(H,15,17). The van der Waals surface area contributed by atoms with Crippen LogP contribution in [0.25, 0.3) is 0 Å². The smallest absolute Gasteiger partial charge is 0.267 e. The van der Waals surface area contributed by atoms with Crippen molar-refractivity contribution in [2.45, 2.75) is 38.5 Å². The number of hydrazine groups is 1. The molecule has 1 saturated heterocycles. The summed E-state index contributed by atoms with van der Waals surface area (Å²) in [5.41, 5.74) is 2.71. The lowest BCUT2D eigenvalue weighted by molar-refractivity contribution is -0.132. The summed E-state index contributed by atoms with van der Waals surface area (Å²) in [4.78, 5) is 27.5. The number of carbonyl (C=O) groups is 1. The number of nitrogens with two attached hydrogens (primary N) is 1. The van der Waals surface area contributed by atoms with Crippen molar-refractivity contribution in [3.63, 3.8) is 0 Å². The van der Waals surface area contributed by atoms with Gasteiger partial charge < -0.3 is 4.74 Å². The van der Waals surface area contributed by atoms with Crippen LogP contribution in [0, 0.1) is 10.5 Å². The molecule has 104 valence electrons. The third-order valence-corrected chi connectivity index (χ3v) is 4.34. The van der Waals surface area contributed by atoms with Gasteiger partial charge in [-0.3, -0.25) is 19.6 Å². The highest BCUT2D eigenvalue weighted by Crippen LogP contribution is 2.20. The van der Waals surface area contributed by atoms with Gasteiger partial charge in [-0.05, 0) is 42.4 Å². The molecule has 1 aromatic rings. The van der Waals surface area contributed by atoms with E-state index in [4.69, 9.17) is 10.6 Å². The third kappa shape index (κ3) is 3.12. The predicted molar refractivity (Wildman–Crippen MR) is 76.2 cm³/mol. The Morgan fingerprint density at radius 1 is 1.68 bits per heavy atom. The molecule has 1 amide bonds. The molecule has 2 heterocycles. The number of halogens is 1. The van der Waals surface area contributed by atoms with E-state index in [1.54, 1.807) is 6.92 Å². The third-order valence-electron chi connectivity index (χ3n) is 3.10. The van der Waals surface area contributed by atoms with Gasteiger partial charge in [0.25, 0.3) is 11.5 Å². The van der Waals surface area contributed by atoms with Crippen LogP contribution in [0.3, 0.4) is 0 Å². The first-order chi connectivity index (χ1) is 9.02. The molecule has 8 heteroatoms. The monoisotopic (exact) mass is 378 g/mol. The highest BCUT2D eigenvalue weighted by molar-refractivity contribution is 14.1. The van der Waals surface area contributed by atoms with Crippen molar-refractivity contribution in [3.05, 3.63) is 25.9 Å². The van der Waals surface area contributed by atoms with Gasteiger partial charge in [-0.25, -0.2) is 10.8 Å². The Balaban J connectivity index is 2.06. The summed E-state index contributed by atoms with van der Waals surface area (Å²) in [7, 11) is 0. The molecule has 0 aromatic carbocycles. The number of nitrogens with one attached hydrogen (secondary N) is 1. The van der Waals surface area contributed by atoms with Crippen LogP contribution in [0.2, 0.25) is 0 Å². The number of ether oxygens (including phenoxy) is 1. The van der Waals surface area contributed by atoms with E-state index in [1.807, 2.05) is 22.6 Å². The molecule has 1 fully saturated rings. The quantitative estimate of drug-likeness (QED) is 0.326. The van der Waals surface area contributed by atoms with Crippen molar-refractivity contribution >= 4 is 28.5 Å². The number of hydrogen-bond donors (Lipinski definition) is 2. The first-order valence-corrected chi connectivity index (χ1v) is 6.98. The number of rotatable bonds is 3. The Hall–Kier alpha value is -1.00. The molecule has 0 aliphatic carbocycles. The summed E-state index contributed by atoms with van der Waals surface area (Å²) in [6.45, 7) is 2.19. The Labute approximate surface area is 123 Å². The molecule has 0 radical (unpaired) electrons. The van der Waals surface area contributed by atoms with E-state index >= 15 is 0 Å². The number of hydrogen-bond acceptors (Lipinski definition) is 5. The minimum Gasteiger partial charge on any atom is -0.363 e. The molecule has 0 bridgehead atoms. The molecule has 3 N–H and O–H groups in total. The van der Waals surface area contributed by atoms with Gasteiger partial charge in [-0.2, -0.15) is 0 Å². The Morgan fingerprint density at radius 3 is 3.11 bits per heavy atom. The van der Waals surface area contributed by atoms with Gasteiger partial charge in [0.1, 0.15) is 6.10 Å². The molecule has 2 atom stereocenters. The van der Waals surface area contributed by atoms with Crippen molar-refractivity contribution in [2.24, 2.45) is 5.84 Å². The van der Waals surface area contributed by atoms with Gasteiger partial charge in [-0.1, -0.05) is 0 Å². The fourth-order valence-corrected chi connectivity index (χ4v) is 2.47. The summed E-state index contributed by atoms with van der Waals surface area (Å²) in [5.74, 6) is 4.74. The minimum absolute atomic E-state index is 0.0802. The van der Waals surface area contributed by atoms with Crippen LogP contribution in [0.1, 0.15) is 18.5 Å². The lowest BCUT2D eigenvalue weighted by atomic mass is 10.2. The molecule has 1 aliphatic rings. The van der Waals surface area contributed by atoms with E-state index in [-0.39, 0.29) is 17.6 Å². The molecule has 0 spiro atoms. The average molecular weight is 378 g/mol. The van der Waals surface area contributed by atoms with Gasteiger partial charge in [0.05, 0.1) is 28.2 Å². The van der Waals surface area contributed by atoms with E-state index in [9.17, 15) is 9.59 Å². The average Bonchev–Trinajstić information content (AvgIpc) is 2.87. The highest BCUT2D eigenvalue weighted by Gasteiger charge is 2.30. The molecule has 2 unspecified atom stereocenters. The summed E-state index contributed by atoms with van der Waals surface area (Å²) >= 11 is 1.98. The van der Waals surface area contributed by atoms with Crippen LogP contribution in [0.15, 0.2) is 11.1 Å². The summed E-state index contributed by atoms with van der Waals surface area (Å²) in [5, 5.41) is 0. The second-order valence-electron chi connectivity index (χ2n) is 4.43. The van der Waals surface area contributed by atoms with E-state index < -0.39 is 6.10 Å². The zero-order valence-corrected chi connectivity index (χ0v) is 12.6. The van der Waals surface area contributed by atoms with E-state index in [1.165, 1.54) is 10.9 Å². The predicted octanol–water partition coefficient (Wildman–Crippen LogP) is -0.306. The normalized spacial score (nSPS) is 22.5. The number of aryl methyl sites for hydroxylation is 1. The lowest BCUT2D eigenvalue weighted by Gasteiger charge is -2.14. The van der Waals surface area contributed by atoms with Crippen molar-refractivity contribution in [2.75, 3.05) is 0 Å². The number of nitrogens with zero attached hydrogens (tertiary/aromatic N) is 2. The fourth-order valence-electron chi connectivity index (χ4n) is 2.02. The number of carbonyl (C=O) groups excluding carboxylic acids is 1. The summed E-state index contributed by atoms with van der Waals surface area (Å²) in [6.07, 6.45) is 2.15. The van der Waals surface area contributed by atoms with Crippen LogP contribution >= 0.6 is 22.6 Å². The minimum atomic E-state index is -0.525. The molecule has 1 aliphatic heterocycles. The van der Waals surface area contributed by atoms with E-state index in [0.29, 0.717) is 16.5 Å². The van der Waals surface area contributed by atoms with Crippen LogP contribution < -0.4 is 16.8 Å². The lowest BCUT2D eigenvalue weighted by Crippen LogP contribution is -2.39. The van der Waals surface area contributed by atoms with Gasteiger partial charge >= 0.3 is 0 Å². The molecule has 19 heavy (non-hydrogen) atoms. The fraction of sp³-hybridized carbons (Fsp3) is 0.545. The van der Waals surface area contributed by atoms with E-state index in [2.05, 4.69) is 10.4 Å². The first kappa shape index (κ1) is 14.4. The molecule has 1 aromatic heterocycles. The molecule has 7 nitrogen and oxygen atoms in total. The summed E-state index contributed by atoms with van der Waals surface area (Å²) in [6, 6.07) is 0. The Kier molecular flexibility index (Phi) is 4.53. The first-order valence-electron chi connectivity index (χ1n) is 5.90. The summed E-state index contributed by atoms with van der Waals surface area (Å²) < 4.78 is 7.68. The second kappa shape index (κ2) is 5.97. The Bertz CT molecular complexity index is 545. The molecule has 2 rings (SSSR count). The van der Waals surface area contributed by atoms with Crippen molar-refractivity contribution in [3.8, 4) is 0 Å². The topological polar surface area (TPSA) is 99.2 Å². The zero-order valence-electron chi connectivity index (χ0n) is 10.4. The van der Waals surface area contributed by atoms with Crippen LogP contribution in [-0.4, -0.2) is 27.7 Å². The van der Waals surface area contributed by atoms with Crippen molar-refractivity contribution in [1.82, 2.24) is 15.0 Å². The molecular formula is C11H15IN4O3. The van der Waals surface area contributed by atoms with Gasteiger partial charge in [0, 0.05) is 0 Å². The maximum Gasteiger partial charge on any atom is 0.267 e. The Morgan fingerprint density at radius 2 is 2.42 bits per heavy atom.